The minimum atomic E-state index is -1.09. The van der Waals surface area contributed by atoms with Gasteiger partial charge < -0.3 is 15.7 Å². The second-order valence-electron chi connectivity index (χ2n) is 4.06. The Hall–Kier alpha value is -2.63. The Balaban J connectivity index is 2.17. The van der Waals surface area contributed by atoms with Crippen LogP contribution in [-0.2, 0) is 4.79 Å². The van der Waals surface area contributed by atoms with Crippen molar-refractivity contribution in [1.82, 2.24) is 10.3 Å². The molecule has 2 amide bonds. The zero-order chi connectivity index (χ0) is 13.8. The molecule has 0 radical (unpaired) electrons. The quantitative estimate of drug-likeness (QED) is 0.784. The number of carbonyl (C=O) groups excluding carboxylic acids is 1. The first-order chi connectivity index (χ1) is 9.08. The van der Waals surface area contributed by atoms with Crippen molar-refractivity contribution in [2.24, 2.45) is 0 Å². The van der Waals surface area contributed by atoms with Crippen LogP contribution in [-0.4, -0.2) is 28.1 Å². The van der Waals surface area contributed by atoms with Crippen LogP contribution in [0.25, 0.3) is 10.8 Å². The molecule has 1 aromatic carbocycles. The Morgan fingerprint density at radius 2 is 2.11 bits per heavy atom. The molecule has 2 rings (SSSR count). The molecule has 0 saturated carbocycles. The predicted octanol–water partition coefficient (Wildman–Crippen LogP) is 1.83. The predicted molar refractivity (Wildman–Crippen MR) is 71.0 cm³/mol. The maximum absolute atomic E-state index is 11.7. The average molecular weight is 259 g/mol. The molecule has 0 aliphatic rings. The molecule has 0 spiro atoms. The van der Waals surface area contributed by atoms with Crippen LogP contribution in [0.5, 0.6) is 0 Å². The number of benzene rings is 1. The molecule has 1 atom stereocenters. The van der Waals surface area contributed by atoms with Crippen LogP contribution in [0.1, 0.15) is 6.92 Å². The van der Waals surface area contributed by atoms with Gasteiger partial charge in [-0.1, -0.05) is 12.1 Å². The van der Waals surface area contributed by atoms with Gasteiger partial charge in [0.1, 0.15) is 6.04 Å². The van der Waals surface area contributed by atoms with Crippen molar-refractivity contribution < 1.29 is 14.7 Å². The van der Waals surface area contributed by atoms with E-state index in [-0.39, 0.29) is 0 Å². The maximum Gasteiger partial charge on any atom is 0.325 e. The van der Waals surface area contributed by atoms with Gasteiger partial charge in [-0.3, -0.25) is 9.78 Å². The van der Waals surface area contributed by atoms with Gasteiger partial charge in [-0.25, -0.2) is 4.79 Å². The fraction of sp³-hybridized carbons (Fsp3) is 0.154. The summed E-state index contributed by atoms with van der Waals surface area (Å²) in [5.74, 6) is -1.09. The first-order valence-electron chi connectivity index (χ1n) is 5.71. The number of nitrogens with zero attached hydrogens (tertiary/aromatic N) is 1. The highest BCUT2D eigenvalue weighted by molar-refractivity contribution is 6.01. The highest BCUT2D eigenvalue weighted by Crippen LogP contribution is 2.21. The van der Waals surface area contributed by atoms with E-state index in [9.17, 15) is 9.59 Å². The summed E-state index contributed by atoms with van der Waals surface area (Å²) in [6.45, 7) is 1.40. The molecule has 98 valence electrons. The van der Waals surface area contributed by atoms with Crippen molar-refractivity contribution >= 4 is 28.5 Å². The van der Waals surface area contributed by atoms with E-state index in [0.717, 1.165) is 10.8 Å². The summed E-state index contributed by atoms with van der Waals surface area (Å²) in [5.41, 5.74) is 0.606. The summed E-state index contributed by atoms with van der Waals surface area (Å²) >= 11 is 0. The summed E-state index contributed by atoms with van der Waals surface area (Å²) in [6.07, 6.45) is 3.32. The standard InChI is InChI=1S/C13H13N3O3/c1-8(12(17)18)15-13(19)16-11-4-2-3-9-7-14-6-5-10(9)11/h2-8H,1H3,(H,17,18)(H2,15,16,19). The van der Waals surface area contributed by atoms with Gasteiger partial charge in [-0.2, -0.15) is 0 Å². The molecule has 6 heteroatoms. The van der Waals surface area contributed by atoms with Gasteiger partial charge in [0.2, 0.25) is 0 Å². The Morgan fingerprint density at radius 1 is 1.32 bits per heavy atom. The lowest BCUT2D eigenvalue weighted by Crippen LogP contribution is -2.40. The second-order valence-corrected chi connectivity index (χ2v) is 4.06. The maximum atomic E-state index is 11.7. The van der Waals surface area contributed by atoms with Crippen LogP contribution in [0.4, 0.5) is 10.5 Å². The molecular formula is C13H13N3O3. The van der Waals surface area contributed by atoms with Gasteiger partial charge in [-0.05, 0) is 19.1 Å². The minimum Gasteiger partial charge on any atom is -0.480 e. The van der Waals surface area contributed by atoms with E-state index >= 15 is 0 Å². The van der Waals surface area contributed by atoms with Crippen molar-refractivity contribution in [2.45, 2.75) is 13.0 Å². The van der Waals surface area contributed by atoms with Gasteiger partial charge in [0.05, 0.1) is 5.69 Å². The van der Waals surface area contributed by atoms with Crippen LogP contribution in [0, 0.1) is 0 Å². The van der Waals surface area contributed by atoms with E-state index in [1.54, 1.807) is 30.6 Å². The number of carboxylic acid groups (broad SMARTS) is 1. The van der Waals surface area contributed by atoms with E-state index in [1.165, 1.54) is 6.92 Å². The number of carbonyl (C=O) groups is 2. The SMILES string of the molecule is CC(NC(=O)Nc1cccc2cnccc12)C(=O)O. The first-order valence-corrected chi connectivity index (χ1v) is 5.71. The molecule has 1 aromatic heterocycles. The van der Waals surface area contributed by atoms with E-state index in [4.69, 9.17) is 5.11 Å². The van der Waals surface area contributed by atoms with E-state index < -0.39 is 18.0 Å². The molecule has 3 N–H and O–H groups in total. The molecular weight excluding hydrogens is 246 g/mol. The van der Waals surface area contributed by atoms with Crippen molar-refractivity contribution in [3.8, 4) is 0 Å². The van der Waals surface area contributed by atoms with Crippen LogP contribution >= 0.6 is 0 Å². The Bertz CT molecular complexity index is 622. The topological polar surface area (TPSA) is 91.3 Å². The highest BCUT2D eigenvalue weighted by atomic mass is 16.4. The lowest BCUT2D eigenvalue weighted by Gasteiger charge is -2.12. The number of urea groups is 1. The number of carboxylic acids is 1. The zero-order valence-corrected chi connectivity index (χ0v) is 10.3. The van der Waals surface area contributed by atoms with Crippen LogP contribution in [0.2, 0.25) is 0 Å². The van der Waals surface area contributed by atoms with Gasteiger partial charge in [-0.15, -0.1) is 0 Å². The number of aliphatic carboxylic acids is 1. The molecule has 19 heavy (non-hydrogen) atoms. The second kappa shape index (κ2) is 5.34. The number of anilines is 1. The summed E-state index contributed by atoms with van der Waals surface area (Å²) in [4.78, 5) is 26.3. The Labute approximate surface area is 109 Å². The summed E-state index contributed by atoms with van der Waals surface area (Å²) in [6, 6.07) is 5.70. The molecule has 1 heterocycles. The van der Waals surface area contributed by atoms with Crippen molar-refractivity contribution in [3.05, 3.63) is 36.7 Å². The monoisotopic (exact) mass is 259 g/mol. The first kappa shape index (κ1) is 12.8. The normalized spacial score (nSPS) is 11.8. The fourth-order valence-corrected chi connectivity index (χ4v) is 1.65. The Morgan fingerprint density at radius 3 is 2.84 bits per heavy atom. The molecule has 0 fully saturated rings. The minimum absolute atomic E-state index is 0.556. The fourth-order valence-electron chi connectivity index (χ4n) is 1.65. The number of rotatable bonds is 3. The Kier molecular flexibility index (Phi) is 3.61. The van der Waals surface area contributed by atoms with Gasteiger partial charge in [0.15, 0.2) is 0 Å². The largest absolute Gasteiger partial charge is 0.480 e. The van der Waals surface area contributed by atoms with E-state index in [0.29, 0.717) is 5.69 Å². The van der Waals surface area contributed by atoms with E-state index in [1.807, 2.05) is 6.07 Å². The molecule has 6 nitrogen and oxygen atoms in total. The van der Waals surface area contributed by atoms with Gasteiger partial charge in [0, 0.05) is 23.2 Å². The van der Waals surface area contributed by atoms with E-state index in [2.05, 4.69) is 15.6 Å². The lowest BCUT2D eigenvalue weighted by molar-refractivity contribution is -0.138. The van der Waals surface area contributed by atoms with Crippen molar-refractivity contribution in [2.75, 3.05) is 5.32 Å². The van der Waals surface area contributed by atoms with Gasteiger partial charge in [0.25, 0.3) is 0 Å². The number of pyridine rings is 1. The van der Waals surface area contributed by atoms with Crippen molar-refractivity contribution in [1.29, 1.82) is 0 Å². The zero-order valence-electron chi connectivity index (χ0n) is 10.3. The van der Waals surface area contributed by atoms with Crippen LogP contribution < -0.4 is 10.6 Å². The van der Waals surface area contributed by atoms with Crippen molar-refractivity contribution in [3.63, 3.8) is 0 Å². The van der Waals surface area contributed by atoms with Crippen LogP contribution in [0.3, 0.4) is 0 Å². The third-order valence-corrected chi connectivity index (χ3v) is 2.65. The lowest BCUT2D eigenvalue weighted by atomic mass is 10.1. The number of fused-ring (bicyclic) bond motifs is 1. The number of hydrogen-bond acceptors (Lipinski definition) is 3. The molecule has 0 bridgehead atoms. The molecule has 0 saturated heterocycles. The molecule has 0 aliphatic heterocycles. The summed E-state index contributed by atoms with van der Waals surface area (Å²) < 4.78 is 0. The summed E-state index contributed by atoms with van der Waals surface area (Å²) in [7, 11) is 0. The summed E-state index contributed by atoms with van der Waals surface area (Å²) in [5, 5.41) is 15.4. The van der Waals surface area contributed by atoms with Gasteiger partial charge >= 0.3 is 12.0 Å². The third kappa shape index (κ3) is 2.98. The highest BCUT2D eigenvalue weighted by Gasteiger charge is 2.14. The smallest absolute Gasteiger partial charge is 0.325 e. The average Bonchev–Trinajstić information content (AvgIpc) is 2.39. The molecule has 2 aromatic rings. The number of hydrogen-bond donors (Lipinski definition) is 3. The number of aromatic nitrogens is 1. The molecule has 0 aliphatic carbocycles. The molecule has 1 unspecified atom stereocenters. The number of amides is 2. The van der Waals surface area contributed by atoms with Crippen LogP contribution in [0.15, 0.2) is 36.7 Å². The number of nitrogens with one attached hydrogen (secondary N) is 2. The third-order valence-electron chi connectivity index (χ3n) is 2.65.